The third kappa shape index (κ3) is 6.46. The van der Waals surface area contributed by atoms with Gasteiger partial charge in [-0.3, -0.25) is 0 Å². The summed E-state index contributed by atoms with van der Waals surface area (Å²) in [4.78, 5) is 14.5. The van der Waals surface area contributed by atoms with E-state index in [-0.39, 0.29) is 6.03 Å². The number of rotatable bonds is 8. The summed E-state index contributed by atoms with van der Waals surface area (Å²) in [7, 11) is 3.16. The predicted octanol–water partition coefficient (Wildman–Crippen LogP) is 3.34. The van der Waals surface area contributed by atoms with Crippen LogP contribution in [0, 0.1) is 5.92 Å². The van der Waals surface area contributed by atoms with Crippen LogP contribution >= 0.6 is 0 Å². The largest absolute Gasteiger partial charge is 0.493 e. The molecule has 0 aromatic heterocycles. The van der Waals surface area contributed by atoms with Gasteiger partial charge in [0.25, 0.3) is 0 Å². The highest BCUT2D eigenvalue weighted by Crippen LogP contribution is 2.29. The number of piperidine rings is 1. The third-order valence-corrected chi connectivity index (χ3v) is 4.57. The zero-order valence-electron chi connectivity index (χ0n) is 15.6. The number of benzene rings is 1. The molecule has 1 atom stereocenters. The minimum Gasteiger partial charge on any atom is -0.493 e. The van der Waals surface area contributed by atoms with Crippen molar-refractivity contribution in [2.45, 2.75) is 32.6 Å². The number of unbranched alkanes of at least 4 members (excludes halogenated alkanes) is 1. The number of carbonyl (C=O) groups excluding carboxylic acids is 1. The Kier molecular flexibility index (Phi) is 7.85. The monoisotopic (exact) mass is 349 g/mol. The fourth-order valence-electron chi connectivity index (χ4n) is 3.24. The van der Waals surface area contributed by atoms with Crippen LogP contribution in [0.4, 0.5) is 10.5 Å². The van der Waals surface area contributed by atoms with Crippen LogP contribution < -0.4 is 20.1 Å². The van der Waals surface area contributed by atoms with Crippen LogP contribution in [0.3, 0.4) is 0 Å². The normalized spacial score (nSPS) is 17.8. The highest BCUT2D eigenvalue weighted by molar-refractivity contribution is 5.89. The summed E-state index contributed by atoms with van der Waals surface area (Å²) in [6.45, 7) is 6.57. The third-order valence-electron chi connectivity index (χ3n) is 4.57. The highest BCUT2D eigenvalue weighted by Gasteiger charge is 2.15. The van der Waals surface area contributed by atoms with Crippen molar-refractivity contribution in [1.82, 2.24) is 10.2 Å². The Balaban J connectivity index is 1.64. The fraction of sp³-hybridized carbons (Fsp3) is 0.632. The molecule has 1 aliphatic heterocycles. The Bertz CT molecular complexity index is 551. The molecule has 0 radical (unpaired) electrons. The standard InChI is InChI=1S/C19H31N3O3/c1-15-7-6-12-22(14-15)11-5-4-10-20-19(23)21-16-8-9-17(24-2)18(13-16)25-3/h8-9,13,15H,4-7,10-12,14H2,1-3H3,(H2,20,21,23). The second-order valence-electron chi connectivity index (χ2n) is 6.71. The highest BCUT2D eigenvalue weighted by atomic mass is 16.5. The Morgan fingerprint density at radius 2 is 2.04 bits per heavy atom. The van der Waals surface area contributed by atoms with Crippen molar-refractivity contribution in [2.24, 2.45) is 5.92 Å². The second kappa shape index (κ2) is 10.1. The van der Waals surface area contributed by atoms with E-state index in [1.54, 1.807) is 32.4 Å². The van der Waals surface area contributed by atoms with Gasteiger partial charge >= 0.3 is 6.03 Å². The van der Waals surface area contributed by atoms with E-state index in [1.807, 2.05) is 0 Å². The lowest BCUT2D eigenvalue weighted by Crippen LogP contribution is -2.35. The number of hydrogen-bond acceptors (Lipinski definition) is 4. The van der Waals surface area contributed by atoms with Gasteiger partial charge in [-0.15, -0.1) is 0 Å². The molecule has 6 nitrogen and oxygen atoms in total. The van der Waals surface area contributed by atoms with E-state index in [1.165, 1.54) is 25.9 Å². The number of urea groups is 1. The van der Waals surface area contributed by atoms with Gasteiger partial charge in [-0.25, -0.2) is 4.79 Å². The Hall–Kier alpha value is -1.95. The molecule has 0 saturated carbocycles. The zero-order chi connectivity index (χ0) is 18.1. The first-order valence-corrected chi connectivity index (χ1v) is 9.11. The summed E-state index contributed by atoms with van der Waals surface area (Å²) in [6.07, 6.45) is 4.77. The Labute approximate surface area is 150 Å². The minimum atomic E-state index is -0.196. The van der Waals surface area contributed by atoms with Crippen LogP contribution in [-0.2, 0) is 0 Å². The number of nitrogens with one attached hydrogen (secondary N) is 2. The van der Waals surface area contributed by atoms with E-state index in [0.717, 1.165) is 25.3 Å². The van der Waals surface area contributed by atoms with Gasteiger partial charge in [0.05, 0.1) is 14.2 Å². The molecule has 0 bridgehead atoms. The number of anilines is 1. The molecule has 140 valence electrons. The van der Waals surface area contributed by atoms with Crippen molar-refractivity contribution in [3.8, 4) is 11.5 Å². The summed E-state index contributed by atoms with van der Waals surface area (Å²) < 4.78 is 10.4. The molecule has 0 spiro atoms. The number of nitrogens with zero attached hydrogens (tertiary/aromatic N) is 1. The van der Waals surface area contributed by atoms with Crippen molar-refractivity contribution >= 4 is 11.7 Å². The van der Waals surface area contributed by atoms with Gasteiger partial charge in [-0.2, -0.15) is 0 Å². The van der Waals surface area contributed by atoms with E-state index in [0.29, 0.717) is 23.7 Å². The maximum Gasteiger partial charge on any atom is 0.319 e. The van der Waals surface area contributed by atoms with Crippen molar-refractivity contribution in [1.29, 1.82) is 0 Å². The predicted molar refractivity (Wildman–Crippen MR) is 101 cm³/mol. The molecule has 0 aliphatic carbocycles. The zero-order valence-corrected chi connectivity index (χ0v) is 15.6. The second-order valence-corrected chi connectivity index (χ2v) is 6.71. The number of hydrogen-bond donors (Lipinski definition) is 2. The average Bonchev–Trinajstić information content (AvgIpc) is 2.61. The van der Waals surface area contributed by atoms with Crippen LogP contribution in [0.25, 0.3) is 0 Å². The van der Waals surface area contributed by atoms with Gasteiger partial charge in [-0.05, 0) is 56.8 Å². The lowest BCUT2D eigenvalue weighted by molar-refractivity contribution is 0.181. The van der Waals surface area contributed by atoms with Crippen molar-refractivity contribution in [2.75, 3.05) is 45.7 Å². The van der Waals surface area contributed by atoms with Crippen LogP contribution in [0.1, 0.15) is 32.6 Å². The molecule has 1 aromatic rings. The van der Waals surface area contributed by atoms with Gasteiger partial charge in [0.2, 0.25) is 0 Å². The first kappa shape index (κ1) is 19.4. The van der Waals surface area contributed by atoms with Crippen molar-refractivity contribution in [3.05, 3.63) is 18.2 Å². The van der Waals surface area contributed by atoms with Crippen LogP contribution in [-0.4, -0.2) is 51.3 Å². The van der Waals surface area contributed by atoms with Crippen LogP contribution in [0.2, 0.25) is 0 Å². The fourth-order valence-corrected chi connectivity index (χ4v) is 3.24. The topological polar surface area (TPSA) is 62.8 Å². The van der Waals surface area contributed by atoms with Gasteiger partial charge in [0.15, 0.2) is 11.5 Å². The average molecular weight is 349 g/mol. The van der Waals surface area contributed by atoms with E-state index in [9.17, 15) is 4.79 Å². The first-order chi connectivity index (χ1) is 12.1. The molecule has 2 N–H and O–H groups in total. The van der Waals surface area contributed by atoms with E-state index in [2.05, 4.69) is 22.5 Å². The summed E-state index contributed by atoms with van der Waals surface area (Å²) in [5, 5.41) is 5.72. The SMILES string of the molecule is COc1ccc(NC(=O)NCCCCN2CCCC(C)C2)cc1OC. The molecule has 2 rings (SSSR count). The summed E-state index contributed by atoms with van der Waals surface area (Å²) in [5.74, 6) is 2.05. The lowest BCUT2D eigenvalue weighted by atomic mass is 10.0. The van der Waals surface area contributed by atoms with Crippen molar-refractivity contribution in [3.63, 3.8) is 0 Å². The molecule has 1 saturated heterocycles. The smallest absolute Gasteiger partial charge is 0.319 e. The van der Waals surface area contributed by atoms with Crippen LogP contribution in [0.15, 0.2) is 18.2 Å². The molecule has 1 aromatic carbocycles. The molecule has 1 heterocycles. The summed E-state index contributed by atoms with van der Waals surface area (Å²) in [5.41, 5.74) is 0.678. The quantitative estimate of drug-likeness (QED) is 0.707. The molecule has 2 amide bonds. The van der Waals surface area contributed by atoms with Gasteiger partial charge < -0.3 is 25.0 Å². The number of amides is 2. The van der Waals surface area contributed by atoms with Gasteiger partial charge in [0.1, 0.15) is 0 Å². The Morgan fingerprint density at radius 1 is 1.24 bits per heavy atom. The molecular weight excluding hydrogens is 318 g/mol. The number of carbonyl (C=O) groups is 1. The summed E-state index contributed by atoms with van der Waals surface area (Å²) in [6, 6.07) is 5.11. The molecular formula is C19H31N3O3. The van der Waals surface area contributed by atoms with Crippen molar-refractivity contribution < 1.29 is 14.3 Å². The maximum atomic E-state index is 12.0. The summed E-state index contributed by atoms with van der Waals surface area (Å²) >= 11 is 0. The molecule has 1 aliphatic rings. The van der Waals surface area contributed by atoms with E-state index in [4.69, 9.17) is 9.47 Å². The van der Waals surface area contributed by atoms with E-state index >= 15 is 0 Å². The molecule has 1 fully saturated rings. The van der Waals surface area contributed by atoms with Crippen LogP contribution in [0.5, 0.6) is 11.5 Å². The van der Waals surface area contributed by atoms with Gasteiger partial charge in [0, 0.05) is 24.8 Å². The van der Waals surface area contributed by atoms with E-state index < -0.39 is 0 Å². The number of likely N-dealkylation sites (tertiary alicyclic amines) is 1. The molecule has 1 unspecified atom stereocenters. The first-order valence-electron chi connectivity index (χ1n) is 9.11. The molecule has 25 heavy (non-hydrogen) atoms. The molecule has 6 heteroatoms. The maximum absolute atomic E-state index is 12.0. The lowest BCUT2D eigenvalue weighted by Gasteiger charge is -2.30. The number of methoxy groups -OCH3 is 2. The Morgan fingerprint density at radius 3 is 2.76 bits per heavy atom. The number of ether oxygens (including phenoxy) is 2. The minimum absolute atomic E-state index is 0.196. The van der Waals surface area contributed by atoms with Gasteiger partial charge in [-0.1, -0.05) is 6.92 Å².